The van der Waals surface area contributed by atoms with Crippen LogP contribution in [0.3, 0.4) is 0 Å². The van der Waals surface area contributed by atoms with E-state index < -0.39 is 6.10 Å². The van der Waals surface area contributed by atoms with Crippen LogP contribution in [0.1, 0.15) is 11.1 Å². The van der Waals surface area contributed by atoms with E-state index in [4.69, 9.17) is 4.74 Å². The van der Waals surface area contributed by atoms with Crippen molar-refractivity contribution in [2.75, 3.05) is 44.2 Å². The predicted octanol–water partition coefficient (Wildman–Crippen LogP) is 0.262. The number of aryl methyl sites for hydroxylation is 2. The van der Waals surface area contributed by atoms with Crippen LogP contribution in [0.25, 0.3) is 0 Å². The van der Waals surface area contributed by atoms with Gasteiger partial charge in [-0.05, 0) is 31.5 Å². The molecule has 0 saturated carbocycles. The number of anilines is 1. The second-order valence-electron chi connectivity index (χ2n) is 6.92. The fraction of sp³-hybridized carbons (Fsp3) is 0.450. The van der Waals surface area contributed by atoms with Crippen molar-refractivity contribution in [3.8, 4) is 5.75 Å². The number of nitrogens with one attached hydrogen (secondary N) is 2. The van der Waals surface area contributed by atoms with Gasteiger partial charge in [0.15, 0.2) is 0 Å². The zero-order valence-electron chi connectivity index (χ0n) is 15.2. The summed E-state index contributed by atoms with van der Waals surface area (Å²) in [6.07, 6.45) is 1.52. The van der Waals surface area contributed by atoms with Gasteiger partial charge in [0.1, 0.15) is 51.2 Å². The van der Waals surface area contributed by atoms with Crippen molar-refractivity contribution in [2.24, 2.45) is 0 Å². The number of hydrogen-bond donors (Lipinski definition) is 2. The average Bonchev–Trinajstić information content (AvgIpc) is 2.62. The molecule has 0 amide bonds. The monoisotopic (exact) mass is 343 g/mol. The Morgan fingerprint density at radius 3 is 2.68 bits per heavy atom. The zero-order chi connectivity index (χ0) is 17.6. The van der Waals surface area contributed by atoms with E-state index in [2.05, 4.69) is 35.0 Å². The lowest BCUT2D eigenvalue weighted by atomic mass is 10.1. The molecule has 0 aliphatic carbocycles. The summed E-state index contributed by atoms with van der Waals surface area (Å²) < 4.78 is 5.81. The van der Waals surface area contributed by atoms with Crippen LogP contribution in [0.2, 0.25) is 0 Å². The Balaban J connectivity index is 1.42. The molecule has 3 N–H and O–H groups in total. The van der Waals surface area contributed by atoms with Crippen LogP contribution in [0, 0.1) is 13.8 Å². The van der Waals surface area contributed by atoms with E-state index in [1.807, 2.05) is 31.3 Å². The number of rotatable bonds is 6. The molecule has 1 fully saturated rings. The van der Waals surface area contributed by atoms with E-state index in [-0.39, 0.29) is 0 Å². The number of nitrogens with zero attached hydrogens (tertiary/aromatic N) is 1. The lowest BCUT2D eigenvalue weighted by molar-refractivity contribution is -0.903. The number of hydrogen-bond acceptors (Lipinski definition) is 3. The van der Waals surface area contributed by atoms with Crippen molar-refractivity contribution in [3.05, 3.63) is 53.7 Å². The summed E-state index contributed by atoms with van der Waals surface area (Å²) in [7, 11) is 0. The van der Waals surface area contributed by atoms with Crippen molar-refractivity contribution in [1.29, 1.82) is 0 Å². The van der Waals surface area contributed by atoms with E-state index in [1.54, 1.807) is 0 Å². The summed E-state index contributed by atoms with van der Waals surface area (Å²) in [5, 5.41) is 10.3. The number of ether oxygens (including phenoxy) is 1. The van der Waals surface area contributed by atoms with Crippen LogP contribution < -0.4 is 19.5 Å². The third kappa shape index (κ3) is 4.94. The predicted molar refractivity (Wildman–Crippen MR) is 98.2 cm³/mol. The largest absolute Gasteiger partial charge is 0.490 e. The molecule has 1 aromatic carbocycles. The molecule has 1 aliphatic rings. The third-order valence-electron chi connectivity index (χ3n) is 4.79. The molecule has 1 saturated heterocycles. The van der Waals surface area contributed by atoms with Gasteiger partial charge in [-0.25, -0.2) is 4.98 Å². The average molecular weight is 343 g/mol. The Bertz CT molecular complexity index is 670. The molecule has 5 nitrogen and oxygen atoms in total. The molecule has 0 spiro atoms. The lowest BCUT2D eigenvalue weighted by Gasteiger charge is -2.29. The van der Waals surface area contributed by atoms with Gasteiger partial charge in [0, 0.05) is 6.07 Å². The maximum absolute atomic E-state index is 10.3. The van der Waals surface area contributed by atoms with Gasteiger partial charge in [0.05, 0.1) is 6.20 Å². The molecule has 5 heteroatoms. The zero-order valence-corrected chi connectivity index (χ0v) is 15.2. The number of piperazine rings is 1. The minimum absolute atomic E-state index is 0.351. The summed E-state index contributed by atoms with van der Waals surface area (Å²) in [5.74, 6) is 2.03. The Kier molecular flexibility index (Phi) is 5.89. The SMILES string of the molecule is Cc1ccc(OC[C@@H](O)C[NH+]2CCN(c3cccc[nH+]3)CC2)c(C)c1. The van der Waals surface area contributed by atoms with E-state index >= 15 is 0 Å². The van der Waals surface area contributed by atoms with Gasteiger partial charge in [-0.2, -0.15) is 0 Å². The maximum atomic E-state index is 10.3. The lowest BCUT2D eigenvalue weighted by Crippen LogP contribution is -3.16. The van der Waals surface area contributed by atoms with Crippen LogP contribution in [0.4, 0.5) is 5.82 Å². The van der Waals surface area contributed by atoms with Gasteiger partial charge in [-0.3, -0.25) is 4.90 Å². The Hall–Kier alpha value is -2.11. The second-order valence-corrected chi connectivity index (χ2v) is 6.92. The van der Waals surface area contributed by atoms with Crippen LogP contribution in [0.15, 0.2) is 42.6 Å². The van der Waals surface area contributed by atoms with E-state index in [0.717, 1.165) is 44.0 Å². The first-order chi connectivity index (χ1) is 12.1. The quantitative estimate of drug-likeness (QED) is 0.791. The molecule has 25 heavy (non-hydrogen) atoms. The van der Waals surface area contributed by atoms with Crippen LogP contribution >= 0.6 is 0 Å². The Labute approximate surface area is 149 Å². The van der Waals surface area contributed by atoms with Gasteiger partial charge in [0.2, 0.25) is 0 Å². The van der Waals surface area contributed by atoms with Crippen molar-refractivity contribution in [3.63, 3.8) is 0 Å². The van der Waals surface area contributed by atoms with Crippen LogP contribution in [-0.2, 0) is 0 Å². The highest BCUT2D eigenvalue weighted by molar-refractivity contribution is 5.35. The fourth-order valence-electron chi connectivity index (χ4n) is 3.39. The Morgan fingerprint density at radius 1 is 1.20 bits per heavy atom. The number of pyridine rings is 1. The summed E-state index contributed by atoms with van der Waals surface area (Å²) in [5.41, 5.74) is 2.34. The molecule has 134 valence electrons. The van der Waals surface area contributed by atoms with Crippen LogP contribution in [0.5, 0.6) is 5.75 Å². The molecule has 3 rings (SSSR count). The van der Waals surface area contributed by atoms with Gasteiger partial charge in [-0.15, -0.1) is 0 Å². The highest BCUT2D eigenvalue weighted by atomic mass is 16.5. The molecular weight excluding hydrogens is 314 g/mol. The molecule has 1 aliphatic heterocycles. The topological polar surface area (TPSA) is 51.3 Å². The van der Waals surface area contributed by atoms with Crippen molar-refractivity contribution in [1.82, 2.24) is 0 Å². The number of aromatic nitrogens is 1. The Morgan fingerprint density at radius 2 is 2.00 bits per heavy atom. The number of benzene rings is 1. The molecule has 2 aromatic rings. The minimum atomic E-state index is -0.439. The van der Waals surface area contributed by atoms with E-state index in [0.29, 0.717) is 6.61 Å². The first-order valence-electron chi connectivity index (χ1n) is 9.05. The van der Waals surface area contributed by atoms with Crippen LogP contribution in [-0.4, -0.2) is 50.5 Å². The van der Waals surface area contributed by atoms with Crippen molar-refractivity contribution >= 4 is 5.82 Å². The molecule has 0 bridgehead atoms. The normalized spacial score (nSPS) is 16.7. The number of aliphatic hydroxyl groups is 1. The van der Waals surface area contributed by atoms with Gasteiger partial charge in [0.25, 0.3) is 5.82 Å². The maximum Gasteiger partial charge on any atom is 0.274 e. The standard InChI is InChI=1S/C20H27N3O2/c1-16-6-7-19(17(2)13-16)25-15-18(24)14-22-9-11-23(12-10-22)20-5-3-4-8-21-20/h3-8,13,18,24H,9-12,14-15H2,1-2H3/p+2/t18-/m0/s1. The number of aromatic amines is 1. The molecule has 1 aromatic heterocycles. The van der Waals surface area contributed by atoms with E-state index in [1.165, 1.54) is 16.3 Å². The number of quaternary nitrogens is 1. The van der Waals surface area contributed by atoms with Gasteiger partial charge < -0.3 is 14.7 Å². The highest BCUT2D eigenvalue weighted by Crippen LogP contribution is 2.18. The molecule has 1 atom stereocenters. The number of aliphatic hydroxyl groups excluding tert-OH is 1. The van der Waals surface area contributed by atoms with E-state index in [9.17, 15) is 5.11 Å². The first kappa shape index (κ1) is 17.7. The van der Waals surface area contributed by atoms with Gasteiger partial charge in [-0.1, -0.05) is 23.8 Å². The molecule has 2 heterocycles. The summed E-state index contributed by atoms with van der Waals surface area (Å²) >= 11 is 0. The summed E-state index contributed by atoms with van der Waals surface area (Å²) in [6.45, 7) is 9.26. The fourth-order valence-corrected chi connectivity index (χ4v) is 3.39. The third-order valence-corrected chi connectivity index (χ3v) is 4.79. The second kappa shape index (κ2) is 8.32. The van der Waals surface area contributed by atoms with Crippen molar-refractivity contribution < 1.29 is 19.7 Å². The summed E-state index contributed by atoms with van der Waals surface area (Å²) in [6, 6.07) is 12.3. The molecular formula is C20H29N3O2+2. The smallest absolute Gasteiger partial charge is 0.274 e. The first-order valence-corrected chi connectivity index (χ1v) is 9.05. The summed E-state index contributed by atoms with van der Waals surface area (Å²) in [4.78, 5) is 7.09. The minimum Gasteiger partial charge on any atom is -0.490 e. The highest BCUT2D eigenvalue weighted by Gasteiger charge is 2.27. The molecule has 0 unspecified atom stereocenters. The number of H-pyrrole nitrogens is 1. The van der Waals surface area contributed by atoms with Gasteiger partial charge >= 0.3 is 0 Å². The molecule has 0 radical (unpaired) electrons. The van der Waals surface area contributed by atoms with Crippen molar-refractivity contribution in [2.45, 2.75) is 20.0 Å².